The number of para-hydroxylation sites is 1. The van der Waals surface area contributed by atoms with E-state index < -0.39 is 0 Å². The number of amides is 1. The first kappa shape index (κ1) is 20.7. The Bertz CT molecular complexity index is 1330. The van der Waals surface area contributed by atoms with Crippen molar-refractivity contribution in [2.24, 2.45) is 5.92 Å². The monoisotopic (exact) mass is 454 g/mol. The van der Waals surface area contributed by atoms with Crippen LogP contribution in [0, 0.1) is 5.92 Å². The molecule has 0 spiro atoms. The summed E-state index contributed by atoms with van der Waals surface area (Å²) in [5.41, 5.74) is 8.66. The summed E-state index contributed by atoms with van der Waals surface area (Å²) in [5.74, 6) is 2.43. The maximum absolute atomic E-state index is 12.7. The van der Waals surface area contributed by atoms with E-state index in [-0.39, 0.29) is 17.9 Å². The number of hydrogen-bond acceptors (Lipinski definition) is 6. The van der Waals surface area contributed by atoms with E-state index in [0.717, 1.165) is 60.4 Å². The smallest absolute Gasteiger partial charge is 0.225 e. The molecule has 1 saturated carbocycles. The Morgan fingerprint density at radius 3 is 2.50 bits per heavy atom. The molecule has 4 aromatic rings. The predicted octanol–water partition coefficient (Wildman–Crippen LogP) is 4.44. The average Bonchev–Trinajstić information content (AvgIpc) is 3.65. The maximum Gasteiger partial charge on any atom is 0.225 e. The molecular formula is C26H26N6O2. The molecule has 8 nitrogen and oxygen atoms in total. The lowest BCUT2D eigenvalue weighted by Gasteiger charge is -2.33. The minimum Gasteiger partial charge on any atom is -0.457 e. The van der Waals surface area contributed by atoms with Crippen LogP contribution in [0.1, 0.15) is 31.7 Å². The minimum atomic E-state index is 0.0580. The second-order valence-electron chi connectivity index (χ2n) is 9.04. The lowest BCUT2D eigenvalue weighted by atomic mass is 10.1. The van der Waals surface area contributed by atoms with Gasteiger partial charge >= 0.3 is 0 Å². The Hall–Kier alpha value is -3.94. The number of hydrogen-bond donors (Lipinski definition) is 1. The van der Waals surface area contributed by atoms with Gasteiger partial charge in [-0.2, -0.15) is 5.10 Å². The van der Waals surface area contributed by atoms with Gasteiger partial charge in [-0.3, -0.25) is 4.79 Å². The molecule has 2 N–H and O–H groups in total. The number of anilines is 1. The van der Waals surface area contributed by atoms with Crippen molar-refractivity contribution in [2.45, 2.75) is 31.7 Å². The molecule has 2 aromatic carbocycles. The summed E-state index contributed by atoms with van der Waals surface area (Å²) in [6.45, 7) is 1.47. The highest BCUT2D eigenvalue weighted by Crippen LogP contribution is 2.36. The fourth-order valence-electron chi connectivity index (χ4n) is 4.70. The van der Waals surface area contributed by atoms with E-state index in [9.17, 15) is 4.79 Å². The zero-order chi connectivity index (χ0) is 23.1. The number of ether oxygens (including phenoxy) is 1. The van der Waals surface area contributed by atoms with Crippen LogP contribution in [-0.4, -0.2) is 43.6 Å². The molecule has 1 amide bonds. The van der Waals surface area contributed by atoms with E-state index >= 15 is 0 Å². The molecule has 1 aliphatic carbocycles. The summed E-state index contributed by atoms with van der Waals surface area (Å²) in [7, 11) is 0. The molecule has 8 heteroatoms. The molecule has 6 rings (SSSR count). The Morgan fingerprint density at radius 1 is 0.971 bits per heavy atom. The number of benzene rings is 2. The molecule has 1 saturated heterocycles. The van der Waals surface area contributed by atoms with Gasteiger partial charge in [-0.15, -0.1) is 0 Å². The van der Waals surface area contributed by atoms with E-state index in [4.69, 9.17) is 15.6 Å². The number of likely N-dealkylation sites (tertiary alicyclic amines) is 1. The summed E-state index contributed by atoms with van der Waals surface area (Å²) in [6, 6.07) is 17.5. The lowest BCUT2D eigenvalue weighted by molar-refractivity contribution is -0.134. The van der Waals surface area contributed by atoms with Crippen LogP contribution in [0.4, 0.5) is 5.82 Å². The van der Waals surface area contributed by atoms with Crippen molar-refractivity contribution in [1.29, 1.82) is 0 Å². The van der Waals surface area contributed by atoms with Gasteiger partial charge in [0.1, 0.15) is 29.3 Å². The molecule has 3 heterocycles. The van der Waals surface area contributed by atoms with Crippen molar-refractivity contribution >= 4 is 22.8 Å². The largest absolute Gasteiger partial charge is 0.457 e. The maximum atomic E-state index is 12.7. The standard InChI is InChI=1S/C26H26N6O2/c27-24-22-23(17-10-12-21(13-11-17)34-20-6-2-1-3-7-20)30-32(25(22)29-16-28-24)19-5-4-14-31(15-19)26(33)18-8-9-18/h1-3,6-7,10-13,16,18-19H,4-5,8-9,14-15H2,(H2,27,28,29)/t19-/m1/s1. The van der Waals surface area contributed by atoms with Crippen molar-refractivity contribution in [1.82, 2.24) is 24.6 Å². The zero-order valence-corrected chi connectivity index (χ0v) is 18.8. The van der Waals surface area contributed by atoms with Crippen LogP contribution in [0.3, 0.4) is 0 Å². The summed E-state index contributed by atoms with van der Waals surface area (Å²) in [5, 5.41) is 5.71. The van der Waals surface area contributed by atoms with Gasteiger partial charge in [0.05, 0.1) is 11.4 Å². The van der Waals surface area contributed by atoms with Gasteiger partial charge in [-0.05, 0) is 62.1 Å². The Labute approximate surface area is 197 Å². The molecule has 2 aromatic heterocycles. The van der Waals surface area contributed by atoms with Crippen LogP contribution < -0.4 is 10.5 Å². The molecule has 0 bridgehead atoms. The third-order valence-electron chi connectivity index (χ3n) is 6.61. The number of fused-ring (bicyclic) bond motifs is 1. The van der Waals surface area contributed by atoms with E-state index in [0.29, 0.717) is 18.0 Å². The number of nitrogens with zero attached hydrogens (tertiary/aromatic N) is 5. The van der Waals surface area contributed by atoms with E-state index in [1.807, 2.05) is 64.2 Å². The molecular weight excluding hydrogens is 428 g/mol. The Kier molecular flexibility index (Phi) is 5.13. The van der Waals surface area contributed by atoms with Gasteiger partial charge in [-0.1, -0.05) is 18.2 Å². The molecule has 34 heavy (non-hydrogen) atoms. The second kappa shape index (κ2) is 8.44. The van der Waals surface area contributed by atoms with E-state index in [1.165, 1.54) is 6.33 Å². The van der Waals surface area contributed by atoms with Gasteiger partial charge in [0.25, 0.3) is 0 Å². The highest BCUT2D eigenvalue weighted by molar-refractivity contribution is 5.98. The lowest BCUT2D eigenvalue weighted by Crippen LogP contribution is -2.41. The summed E-state index contributed by atoms with van der Waals surface area (Å²) < 4.78 is 7.87. The minimum absolute atomic E-state index is 0.0580. The number of carbonyl (C=O) groups is 1. The normalized spacial score (nSPS) is 18.2. The molecule has 1 atom stereocenters. The third kappa shape index (κ3) is 3.85. The van der Waals surface area contributed by atoms with Crippen molar-refractivity contribution < 1.29 is 9.53 Å². The topological polar surface area (TPSA) is 99.2 Å². The van der Waals surface area contributed by atoms with Crippen molar-refractivity contribution in [3.05, 3.63) is 60.9 Å². The first-order valence-corrected chi connectivity index (χ1v) is 11.8. The third-order valence-corrected chi connectivity index (χ3v) is 6.61. The number of rotatable bonds is 5. The van der Waals surface area contributed by atoms with Crippen LogP contribution in [0.2, 0.25) is 0 Å². The van der Waals surface area contributed by atoms with E-state index in [1.54, 1.807) is 0 Å². The SMILES string of the molecule is Nc1ncnc2c1c(-c1ccc(Oc3ccccc3)cc1)nn2[C@@H]1CCCN(C(=O)C2CC2)C1. The van der Waals surface area contributed by atoms with Gasteiger partial charge in [-0.25, -0.2) is 14.6 Å². The molecule has 1 aliphatic heterocycles. The first-order chi connectivity index (χ1) is 16.7. The van der Waals surface area contributed by atoms with Gasteiger partial charge in [0, 0.05) is 24.6 Å². The molecule has 0 unspecified atom stereocenters. The summed E-state index contributed by atoms with van der Waals surface area (Å²) in [4.78, 5) is 23.4. The van der Waals surface area contributed by atoms with Crippen molar-refractivity contribution in [3.63, 3.8) is 0 Å². The zero-order valence-electron chi connectivity index (χ0n) is 18.8. The highest BCUT2D eigenvalue weighted by atomic mass is 16.5. The number of nitrogens with two attached hydrogens (primary N) is 1. The van der Waals surface area contributed by atoms with Gasteiger partial charge in [0.15, 0.2) is 5.65 Å². The Morgan fingerprint density at radius 2 is 1.74 bits per heavy atom. The van der Waals surface area contributed by atoms with Crippen molar-refractivity contribution in [2.75, 3.05) is 18.8 Å². The van der Waals surface area contributed by atoms with E-state index in [2.05, 4.69) is 9.97 Å². The van der Waals surface area contributed by atoms with Crippen LogP contribution in [-0.2, 0) is 4.79 Å². The fourth-order valence-corrected chi connectivity index (χ4v) is 4.70. The second-order valence-corrected chi connectivity index (χ2v) is 9.04. The quantitative estimate of drug-likeness (QED) is 0.479. The molecule has 2 fully saturated rings. The van der Waals surface area contributed by atoms with Gasteiger partial charge < -0.3 is 15.4 Å². The number of carbonyl (C=O) groups excluding carboxylic acids is 1. The number of nitrogen functional groups attached to an aromatic ring is 1. The number of aromatic nitrogens is 4. The highest BCUT2D eigenvalue weighted by Gasteiger charge is 2.36. The van der Waals surface area contributed by atoms with Crippen molar-refractivity contribution in [3.8, 4) is 22.8 Å². The molecule has 0 radical (unpaired) electrons. The fraction of sp³-hybridized carbons (Fsp3) is 0.308. The van der Waals surface area contributed by atoms with Crippen LogP contribution in [0.5, 0.6) is 11.5 Å². The van der Waals surface area contributed by atoms with Crippen LogP contribution >= 0.6 is 0 Å². The van der Waals surface area contributed by atoms with Crippen LogP contribution in [0.15, 0.2) is 60.9 Å². The van der Waals surface area contributed by atoms with Gasteiger partial charge in [0.2, 0.25) is 5.91 Å². The number of piperidine rings is 1. The molecule has 172 valence electrons. The average molecular weight is 455 g/mol. The Balaban J connectivity index is 1.33. The summed E-state index contributed by atoms with van der Waals surface area (Å²) >= 11 is 0. The summed E-state index contributed by atoms with van der Waals surface area (Å²) in [6.07, 6.45) is 5.40. The first-order valence-electron chi connectivity index (χ1n) is 11.8. The predicted molar refractivity (Wildman–Crippen MR) is 129 cm³/mol. The van der Waals surface area contributed by atoms with Crippen LogP contribution in [0.25, 0.3) is 22.3 Å². The molecule has 2 aliphatic rings.